The van der Waals surface area contributed by atoms with Crippen molar-refractivity contribution in [2.45, 2.75) is 18.9 Å². The summed E-state index contributed by atoms with van der Waals surface area (Å²) in [5.41, 5.74) is 13.0. The van der Waals surface area contributed by atoms with Crippen molar-refractivity contribution in [3.05, 3.63) is 59.7 Å². The summed E-state index contributed by atoms with van der Waals surface area (Å²) in [7, 11) is 2.16. The maximum atomic E-state index is 6.29. The minimum Gasteiger partial charge on any atom is -0.343 e. The van der Waals surface area contributed by atoms with E-state index in [4.69, 9.17) is 5.73 Å². The van der Waals surface area contributed by atoms with E-state index >= 15 is 0 Å². The Kier molecular flexibility index (Phi) is 2.48. The van der Waals surface area contributed by atoms with E-state index in [1.165, 1.54) is 33.3 Å². The Morgan fingerprint density at radius 1 is 1.05 bits per heavy atom. The highest BCUT2D eigenvalue weighted by Crippen LogP contribution is 2.41. The second-order valence-electron chi connectivity index (χ2n) is 5.64. The van der Waals surface area contributed by atoms with Crippen LogP contribution >= 0.6 is 0 Å². The van der Waals surface area contributed by atoms with Crippen LogP contribution in [0, 0.1) is 0 Å². The number of hydrogen-bond acceptors (Lipinski definition) is 1. The Hall–Kier alpha value is -2.06. The summed E-state index contributed by atoms with van der Waals surface area (Å²) in [6, 6.07) is 17.4. The highest BCUT2D eigenvalue weighted by Gasteiger charge is 2.25. The molecule has 0 radical (unpaired) electrons. The molecular weight excluding hydrogens is 244 g/mol. The molecule has 2 nitrogen and oxygen atoms in total. The first-order valence-electron chi connectivity index (χ1n) is 7.18. The van der Waals surface area contributed by atoms with Crippen LogP contribution in [0.1, 0.15) is 23.6 Å². The summed E-state index contributed by atoms with van der Waals surface area (Å²) >= 11 is 0. The van der Waals surface area contributed by atoms with E-state index in [9.17, 15) is 0 Å². The Morgan fingerprint density at radius 2 is 1.85 bits per heavy atom. The number of nitrogens with zero attached hydrogens (tertiary/aromatic N) is 1. The Labute approximate surface area is 118 Å². The molecule has 0 saturated carbocycles. The standard InChI is InChI=1S/C18H18N2/c1-20-16-9-5-8-13-15(19)11-10-14(17(13)16)18(20)12-6-3-2-4-7-12/h2-9,15H,10-11,19H2,1H3. The predicted octanol–water partition coefficient (Wildman–Crippen LogP) is 3.79. The average Bonchev–Trinajstić information content (AvgIpc) is 2.78. The van der Waals surface area contributed by atoms with Crippen molar-refractivity contribution in [2.75, 3.05) is 0 Å². The number of benzene rings is 2. The van der Waals surface area contributed by atoms with Gasteiger partial charge in [0.15, 0.2) is 0 Å². The normalized spacial score (nSPS) is 17.6. The van der Waals surface area contributed by atoms with Crippen molar-refractivity contribution in [2.24, 2.45) is 12.8 Å². The molecule has 100 valence electrons. The summed E-state index contributed by atoms with van der Waals surface area (Å²) in [6.07, 6.45) is 2.11. The van der Waals surface area contributed by atoms with Gasteiger partial charge < -0.3 is 10.3 Å². The molecule has 0 spiro atoms. The van der Waals surface area contributed by atoms with Crippen LogP contribution in [0.15, 0.2) is 48.5 Å². The monoisotopic (exact) mass is 262 g/mol. The first-order chi connectivity index (χ1) is 9.77. The third kappa shape index (κ3) is 1.49. The smallest absolute Gasteiger partial charge is 0.0521 e. The van der Waals surface area contributed by atoms with Gasteiger partial charge in [0.25, 0.3) is 0 Å². The molecule has 0 saturated heterocycles. The van der Waals surface area contributed by atoms with Gasteiger partial charge in [0.1, 0.15) is 0 Å². The maximum Gasteiger partial charge on any atom is 0.0521 e. The molecular formula is C18H18N2. The molecule has 2 aromatic carbocycles. The van der Waals surface area contributed by atoms with E-state index in [2.05, 4.69) is 60.1 Å². The van der Waals surface area contributed by atoms with Gasteiger partial charge in [0.2, 0.25) is 0 Å². The molecule has 20 heavy (non-hydrogen) atoms. The van der Waals surface area contributed by atoms with Crippen molar-refractivity contribution in [3.63, 3.8) is 0 Å². The summed E-state index contributed by atoms with van der Waals surface area (Å²) in [6.45, 7) is 0. The molecule has 0 aliphatic heterocycles. The lowest BCUT2D eigenvalue weighted by molar-refractivity contribution is 0.644. The van der Waals surface area contributed by atoms with Gasteiger partial charge in [-0.2, -0.15) is 0 Å². The first kappa shape index (κ1) is 11.7. The van der Waals surface area contributed by atoms with E-state index in [1.54, 1.807) is 0 Å². The molecule has 4 rings (SSSR count). The van der Waals surface area contributed by atoms with Crippen molar-refractivity contribution in [1.82, 2.24) is 4.57 Å². The van der Waals surface area contributed by atoms with Gasteiger partial charge >= 0.3 is 0 Å². The van der Waals surface area contributed by atoms with Gasteiger partial charge in [0, 0.05) is 24.0 Å². The third-order valence-electron chi connectivity index (χ3n) is 4.51. The van der Waals surface area contributed by atoms with E-state index in [0.717, 1.165) is 12.8 Å². The van der Waals surface area contributed by atoms with Crippen LogP contribution in [-0.2, 0) is 13.5 Å². The molecule has 1 heterocycles. The van der Waals surface area contributed by atoms with Gasteiger partial charge in [-0.05, 0) is 35.6 Å². The largest absolute Gasteiger partial charge is 0.343 e. The van der Waals surface area contributed by atoms with Crippen molar-refractivity contribution < 1.29 is 0 Å². The minimum atomic E-state index is 0.178. The number of aromatic nitrogens is 1. The molecule has 0 amide bonds. The molecule has 2 heteroatoms. The zero-order valence-corrected chi connectivity index (χ0v) is 11.6. The lowest BCUT2D eigenvalue weighted by Gasteiger charge is -2.20. The second-order valence-corrected chi connectivity index (χ2v) is 5.64. The quantitative estimate of drug-likeness (QED) is 0.710. The Balaban J connectivity index is 2.12. The summed E-state index contributed by atoms with van der Waals surface area (Å²) in [5.74, 6) is 0. The lowest BCUT2D eigenvalue weighted by Crippen LogP contribution is -2.15. The Morgan fingerprint density at radius 3 is 2.65 bits per heavy atom. The minimum absolute atomic E-state index is 0.178. The van der Waals surface area contributed by atoms with Crippen molar-refractivity contribution in [3.8, 4) is 11.3 Å². The van der Waals surface area contributed by atoms with Gasteiger partial charge in [0.05, 0.1) is 5.69 Å². The van der Waals surface area contributed by atoms with Crippen LogP contribution in [0.25, 0.3) is 22.2 Å². The van der Waals surface area contributed by atoms with Crippen LogP contribution in [-0.4, -0.2) is 4.57 Å². The van der Waals surface area contributed by atoms with Crippen molar-refractivity contribution in [1.29, 1.82) is 0 Å². The van der Waals surface area contributed by atoms with Crippen molar-refractivity contribution >= 4 is 10.9 Å². The maximum absolute atomic E-state index is 6.29. The van der Waals surface area contributed by atoms with Gasteiger partial charge in [-0.15, -0.1) is 0 Å². The number of aryl methyl sites for hydroxylation is 2. The fourth-order valence-corrected chi connectivity index (χ4v) is 3.58. The second kappa shape index (κ2) is 4.22. The zero-order valence-electron chi connectivity index (χ0n) is 11.6. The van der Waals surface area contributed by atoms with E-state index in [-0.39, 0.29) is 6.04 Å². The highest BCUT2D eigenvalue weighted by molar-refractivity contribution is 5.95. The van der Waals surface area contributed by atoms with Crippen LogP contribution in [0.4, 0.5) is 0 Å². The molecule has 0 bridgehead atoms. The molecule has 1 atom stereocenters. The average molecular weight is 262 g/mol. The van der Waals surface area contributed by atoms with Gasteiger partial charge in [-0.3, -0.25) is 0 Å². The lowest BCUT2D eigenvalue weighted by atomic mass is 9.87. The SMILES string of the molecule is Cn1c(-c2ccccc2)c2c3c(cccc31)C(N)CC2. The van der Waals surface area contributed by atoms with Gasteiger partial charge in [-0.25, -0.2) is 0 Å². The number of nitrogens with two attached hydrogens (primary N) is 1. The fourth-order valence-electron chi connectivity index (χ4n) is 3.58. The zero-order chi connectivity index (χ0) is 13.7. The molecule has 1 unspecified atom stereocenters. The van der Waals surface area contributed by atoms with Gasteiger partial charge in [-0.1, -0.05) is 42.5 Å². The molecule has 1 aliphatic carbocycles. The topological polar surface area (TPSA) is 30.9 Å². The predicted molar refractivity (Wildman–Crippen MR) is 83.6 cm³/mol. The van der Waals surface area contributed by atoms with E-state index < -0.39 is 0 Å². The fraction of sp³-hybridized carbons (Fsp3) is 0.222. The summed E-state index contributed by atoms with van der Waals surface area (Å²) < 4.78 is 2.32. The van der Waals surface area contributed by atoms with E-state index in [0.29, 0.717) is 0 Å². The molecule has 0 fully saturated rings. The van der Waals surface area contributed by atoms with Crippen LogP contribution in [0.5, 0.6) is 0 Å². The summed E-state index contributed by atoms with van der Waals surface area (Å²) in [4.78, 5) is 0. The third-order valence-corrected chi connectivity index (χ3v) is 4.51. The van der Waals surface area contributed by atoms with E-state index in [1.807, 2.05) is 0 Å². The Bertz CT molecular complexity index is 784. The molecule has 3 aromatic rings. The first-order valence-corrected chi connectivity index (χ1v) is 7.18. The van der Waals surface area contributed by atoms with Crippen LogP contribution in [0.3, 0.4) is 0 Å². The number of hydrogen-bond donors (Lipinski definition) is 1. The molecule has 1 aromatic heterocycles. The van der Waals surface area contributed by atoms with Crippen LogP contribution < -0.4 is 5.73 Å². The van der Waals surface area contributed by atoms with Crippen LogP contribution in [0.2, 0.25) is 0 Å². The molecule has 2 N–H and O–H groups in total. The number of rotatable bonds is 1. The summed E-state index contributed by atoms with van der Waals surface area (Å²) in [5, 5.41) is 1.38. The highest BCUT2D eigenvalue weighted by atomic mass is 15.0. The molecule has 1 aliphatic rings.